The molecule has 2 atom stereocenters. The van der Waals surface area contributed by atoms with E-state index in [0.717, 1.165) is 5.56 Å². The van der Waals surface area contributed by atoms with Crippen LogP contribution in [-0.2, 0) is 4.74 Å². The number of aliphatic hydroxyl groups is 2. The second kappa shape index (κ2) is 5.78. The van der Waals surface area contributed by atoms with Crippen molar-refractivity contribution in [3.8, 4) is 11.9 Å². The first-order valence-electron chi connectivity index (χ1n) is 6.73. The average molecular weight is 304 g/mol. The summed E-state index contributed by atoms with van der Waals surface area (Å²) in [5.41, 5.74) is 1.49. The standard InChI is InChI=1S/C15H16N2O5/c1-20-14-9-5-8(12-6-11(19)13(7-18)22-12)3-4-10(9)16-15(17-14)21-2/h3-6,12-13,18-19H,7H2,1-2H3/t12-,13-/m1/s1. The number of benzene rings is 1. The van der Waals surface area contributed by atoms with Gasteiger partial charge in [0.15, 0.2) is 0 Å². The number of hydrogen-bond donors (Lipinski definition) is 2. The van der Waals surface area contributed by atoms with Gasteiger partial charge in [0.05, 0.1) is 31.7 Å². The number of hydrogen-bond acceptors (Lipinski definition) is 7. The van der Waals surface area contributed by atoms with Crippen molar-refractivity contribution in [2.45, 2.75) is 12.2 Å². The highest BCUT2D eigenvalue weighted by atomic mass is 16.5. The van der Waals surface area contributed by atoms with Gasteiger partial charge in [-0.3, -0.25) is 0 Å². The van der Waals surface area contributed by atoms with E-state index in [2.05, 4.69) is 9.97 Å². The molecule has 0 fully saturated rings. The van der Waals surface area contributed by atoms with E-state index in [4.69, 9.17) is 19.3 Å². The third-order valence-electron chi connectivity index (χ3n) is 3.50. The molecule has 0 amide bonds. The number of ether oxygens (including phenoxy) is 3. The molecule has 1 aliphatic heterocycles. The summed E-state index contributed by atoms with van der Waals surface area (Å²) >= 11 is 0. The first kappa shape index (κ1) is 14.6. The Labute approximate surface area is 126 Å². The molecule has 7 heteroatoms. The van der Waals surface area contributed by atoms with Gasteiger partial charge in [0.25, 0.3) is 0 Å². The summed E-state index contributed by atoms with van der Waals surface area (Å²) in [5, 5.41) is 19.6. The highest BCUT2D eigenvalue weighted by Gasteiger charge is 2.27. The fourth-order valence-electron chi connectivity index (χ4n) is 2.38. The predicted molar refractivity (Wildman–Crippen MR) is 78.1 cm³/mol. The van der Waals surface area contributed by atoms with Crippen molar-refractivity contribution in [2.24, 2.45) is 0 Å². The van der Waals surface area contributed by atoms with E-state index >= 15 is 0 Å². The van der Waals surface area contributed by atoms with Gasteiger partial charge in [-0.25, -0.2) is 0 Å². The number of nitrogens with zero attached hydrogens (tertiary/aromatic N) is 2. The molecule has 0 saturated carbocycles. The Kier molecular flexibility index (Phi) is 3.82. The Bertz CT molecular complexity index is 731. The number of aromatic nitrogens is 2. The Hall–Kier alpha value is -2.38. The van der Waals surface area contributed by atoms with Crippen molar-refractivity contribution in [2.75, 3.05) is 20.8 Å². The van der Waals surface area contributed by atoms with E-state index in [-0.39, 0.29) is 18.4 Å². The lowest BCUT2D eigenvalue weighted by Gasteiger charge is -2.14. The second-order valence-electron chi connectivity index (χ2n) is 4.82. The first-order chi connectivity index (χ1) is 10.7. The maximum Gasteiger partial charge on any atom is 0.320 e. The zero-order chi connectivity index (χ0) is 15.7. The summed E-state index contributed by atoms with van der Waals surface area (Å²) < 4.78 is 15.9. The van der Waals surface area contributed by atoms with E-state index in [1.165, 1.54) is 14.2 Å². The third kappa shape index (κ3) is 2.44. The molecular weight excluding hydrogens is 288 g/mol. The molecule has 2 aromatic rings. The van der Waals surface area contributed by atoms with Crippen molar-refractivity contribution in [1.82, 2.24) is 9.97 Å². The monoisotopic (exact) mass is 304 g/mol. The molecular formula is C15H16N2O5. The Morgan fingerprint density at radius 3 is 2.68 bits per heavy atom. The van der Waals surface area contributed by atoms with Crippen molar-refractivity contribution in [3.63, 3.8) is 0 Å². The Morgan fingerprint density at radius 2 is 2.05 bits per heavy atom. The van der Waals surface area contributed by atoms with Crippen molar-refractivity contribution in [1.29, 1.82) is 0 Å². The second-order valence-corrected chi connectivity index (χ2v) is 4.82. The van der Waals surface area contributed by atoms with Gasteiger partial charge < -0.3 is 24.4 Å². The van der Waals surface area contributed by atoms with Gasteiger partial charge in [-0.1, -0.05) is 6.07 Å². The highest BCUT2D eigenvalue weighted by molar-refractivity contribution is 5.84. The van der Waals surface area contributed by atoms with Gasteiger partial charge in [0.1, 0.15) is 18.0 Å². The van der Waals surface area contributed by atoms with Crippen LogP contribution in [0.2, 0.25) is 0 Å². The van der Waals surface area contributed by atoms with Gasteiger partial charge in [-0.15, -0.1) is 0 Å². The van der Waals surface area contributed by atoms with Crippen LogP contribution in [0.25, 0.3) is 10.9 Å². The molecule has 1 aromatic carbocycles. The molecule has 0 radical (unpaired) electrons. The molecule has 1 aliphatic rings. The van der Waals surface area contributed by atoms with E-state index in [9.17, 15) is 5.11 Å². The molecule has 0 bridgehead atoms. The fourth-order valence-corrected chi connectivity index (χ4v) is 2.38. The fraction of sp³-hybridized carbons (Fsp3) is 0.333. The summed E-state index contributed by atoms with van der Waals surface area (Å²) in [6.45, 7) is -0.268. The minimum atomic E-state index is -0.685. The first-order valence-corrected chi connectivity index (χ1v) is 6.73. The molecule has 0 unspecified atom stereocenters. The maximum absolute atomic E-state index is 9.71. The maximum atomic E-state index is 9.71. The predicted octanol–water partition coefficient (Wildman–Crippen LogP) is 1.52. The summed E-state index contributed by atoms with van der Waals surface area (Å²) in [6.07, 6.45) is 0.446. The Balaban J connectivity index is 2.03. The molecule has 0 spiro atoms. The van der Waals surface area contributed by atoms with Crippen LogP contribution < -0.4 is 9.47 Å². The quantitative estimate of drug-likeness (QED) is 0.884. The molecule has 1 aromatic heterocycles. The largest absolute Gasteiger partial charge is 0.510 e. The van der Waals surface area contributed by atoms with Gasteiger partial charge in [-0.05, 0) is 23.8 Å². The average Bonchev–Trinajstić information content (AvgIpc) is 2.94. The number of methoxy groups -OCH3 is 2. The molecule has 22 heavy (non-hydrogen) atoms. The van der Waals surface area contributed by atoms with E-state index in [0.29, 0.717) is 16.8 Å². The summed E-state index contributed by atoms with van der Waals surface area (Å²) in [6, 6.07) is 5.70. The Morgan fingerprint density at radius 1 is 1.23 bits per heavy atom. The normalized spacial score (nSPS) is 21.0. The molecule has 0 saturated heterocycles. The van der Waals surface area contributed by atoms with Crippen LogP contribution in [0.5, 0.6) is 11.9 Å². The lowest BCUT2D eigenvalue weighted by Crippen LogP contribution is -2.15. The topological polar surface area (TPSA) is 93.9 Å². The van der Waals surface area contributed by atoms with Crippen molar-refractivity contribution < 1.29 is 24.4 Å². The smallest absolute Gasteiger partial charge is 0.320 e. The summed E-state index contributed by atoms with van der Waals surface area (Å²) in [4.78, 5) is 8.41. The van der Waals surface area contributed by atoms with Gasteiger partial charge in [-0.2, -0.15) is 9.97 Å². The highest BCUT2D eigenvalue weighted by Crippen LogP contribution is 2.33. The lowest BCUT2D eigenvalue weighted by molar-refractivity contribution is 0.00599. The van der Waals surface area contributed by atoms with Crippen LogP contribution in [0.4, 0.5) is 0 Å². The molecule has 2 heterocycles. The SMILES string of the molecule is COc1nc(OC)c2cc([C@H]3C=C(O)[C@@H](CO)O3)ccc2n1. The van der Waals surface area contributed by atoms with E-state index in [1.54, 1.807) is 12.1 Å². The molecule has 116 valence electrons. The molecule has 7 nitrogen and oxygen atoms in total. The third-order valence-corrected chi connectivity index (χ3v) is 3.50. The van der Waals surface area contributed by atoms with Crippen LogP contribution in [0.15, 0.2) is 30.0 Å². The summed E-state index contributed by atoms with van der Waals surface area (Å²) in [5.74, 6) is 0.430. The van der Waals surface area contributed by atoms with Crippen LogP contribution in [0, 0.1) is 0 Å². The molecule has 0 aliphatic carbocycles. The lowest BCUT2D eigenvalue weighted by atomic mass is 10.1. The van der Waals surface area contributed by atoms with E-state index < -0.39 is 12.2 Å². The van der Waals surface area contributed by atoms with Crippen LogP contribution in [0.3, 0.4) is 0 Å². The number of fused-ring (bicyclic) bond motifs is 1. The zero-order valence-corrected chi connectivity index (χ0v) is 12.2. The van der Waals surface area contributed by atoms with Crippen molar-refractivity contribution in [3.05, 3.63) is 35.6 Å². The summed E-state index contributed by atoms with van der Waals surface area (Å²) in [7, 11) is 3.01. The van der Waals surface area contributed by atoms with Crippen LogP contribution >= 0.6 is 0 Å². The van der Waals surface area contributed by atoms with E-state index in [1.807, 2.05) is 12.1 Å². The van der Waals surface area contributed by atoms with Crippen LogP contribution in [-0.4, -0.2) is 47.1 Å². The minimum Gasteiger partial charge on any atom is -0.510 e. The minimum absolute atomic E-state index is 0.0329. The van der Waals surface area contributed by atoms with Gasteiger partial charge >= 0.3 is 6.01 Å². The molecule has 2 N–H and O–H groups in total. The number of aliphatic hydroxyl groups excluding tert-OH is 2. The zero-order valence-electron chi connectivity index (χ0n) is 12.2. The van der Waals surface area contributed by atoms with Crippen molar-refractivity contribution >= 4 is 10.9 Å². The van der Waals surface area contributed by atoms with Gasteiger partial charge in [0, 0.05) is 0 Å². The number of rotatable bonds is 4. The van der Waals surface area contributed by atoms with Gasteiger partial charge in [0.2, 0.25) is 5.88 Å². The van der Waals surface area contributed by atoms with Crippen LogP contribution in [0.1, 0.15) is 11.7 Å². The molecule has 3 rings (SSSR count).